The Morgan fingerprint density at radius 2 is 2.09 bits per heavy atom. The fourth-order valence-electron chi connectivity index (χ4n) is 3.83. The largest absolute Gasteiger partial charge is 0.366 e. The normalized spacial score (nSPS) is 33.9. The maximum absolute atomic E-state index is 13.7. The SMILES string of the molecule is C=C1[C@@H](OCc2cc(F)ccc2F)[C@]2(C)CC[C@@]1(C(C)C)O2. The molecule has 2 bridgehead atoms. The summed E-state index contributed by atoms with van der Waals surface area (Å²) in [5, 5.41) is 0. The van der Waals surface area contributed by atoms with Gasteiger partial charge in [-0.2, -0.15) is 0 Å². The van der Waals surface area contributed by atoms with Crippen molar-refractivity contribution in [1.82, 2.24) is 0 Å². The lowest BCUT2D eigenvalue weighted by Gasteiger charge is -2.34. The first-order valence-corrected chi connectivity index (χ1v) is 7.73. The second-order valence-electron chi connectivity index (χ2n) is 6.91. The third-order valence-electron chi connectivity index (χ3n) is 5.17. The first-order valence-electron chi connectivity index (χ1n) is 7.73. The van der Waals surface area contributed by atoms with E-state index in [1.807, 2.05) is 6.92 Å². The summed E-state index contributed by atoms with van der Waals surface area (Å²) >= 11 is 0. The van der Waals surface area contributed by atoms with Gasteiger partial charge in [-0.3, -0.25) is 0 Å². The van der Waals surface area contributed by atoms with Crippen molar-refractivity contribution in [2.24, 2.45) is 5.92 Å². The molecule has 0 amide bonds. The molecule has 120 valence electrons. The molecular formula is C18H22F2O2. The lowest BCUT2D eigenvalue weighted by Crippen LogP contribution is -2.40. The van der Waals surface area contributed by atoms with Crippen LogP contribution in [0.15, 0.2) is 30.4 Å². The van der Waals surface area contributed by atoms with Crippen molar-refractivity contribution < 1.29 is 18.3 Å². The molecule has 2 aliphatic heterocycles. The van der Waals surface area contributed by atoms with Crippen molar-refractivity contribution in [2.75, 3.05) is 0 Å². The van der Waals surface area contributed by atoms with Gasteiger partial charge >= 0.3 is 0 Å². The lowest BCUT2D eigenvalue weighted by atomic mass is 9.72. The predicted molar refractivity (Wildman–Crippen MR) is 80.4 cm³/mol. The molecule has 0 unspecified atom stereocenters. The number of ether oxygens (including phenoxy) is 2. The first-order chi connectivity index (χ1) is 10.3. The summed E-state index contributed by atoms with van der Waals surface area (Å²) < 4.78 is 39.2. The third-order valence-corrected chi connectivity index (χ3v) is 5.17. The molecule has 2 heterocycles. The van der Waals surface area contributed by atoms with Gasteiger partial charge in [0.1, 0.15) is 17.7 Å². The maximum atomic E-state index is 13.7. The van der Waals surface area contributed by atoms with Gasteiger partial charge in [0.05, 0.1) is 17.8 Å². The zero-order valence-corrected chi connectivity index (χ0v) is 13.3. The van der Waals surface area contributed by atoms with Crippen molar-refractivity contribution >= 4 is 0 Å². The van der Waals surface area contributed by atoms with Gasteiger partial charge < -0.3 is 9.47 Å². The molecule has 0 N–H and O–H groups in total. The van der Waals surface area contributed by atoms with Gasteiger partial charge in [0.25, 0.3) is 0 Å². The Hall–Kier alpha value is -1.26. The van der Waals surface area contributed by atoms with Gasteiger partial charge in [0, 0.05) is 5.56 Å². The van der Waals surface area contributed by atoms with Crippen molar-refractivity contribution in [3.63, 3.8) is 0 Å². The highest BCUT2D eigenvalue weighted by Gasteiger charge is 2.63. The van der Waals surface area contributed by atoms with Crippen LogP contribution in [0.3, 0.4) is 0 Å². The lowest BCUT2D eigenvalue weighted by molar-refractivity contribution is -0.0962. The number of rotatable bonds is 4. The number of halogens is 2. The van der Waals surface area contributed by atoms with Crippen LogP contribution in [-0.4, -0.2) is 17.3 Å². The third kappa shape index (κ3) is 2.20. The van der Waals surface area contributed by atoms with Crippen LogP contribution in [0.1, 0.15) is 39.2 Å². The molecule has 2 nitrogen and oxygen atoms in total. The van der Waals surface area contributed by atoms with Crippen LogP contribution in [0, 0.1) is 17.6 Å². The van der Waals surface area contributed by atoms with Gasteiger partial charge in [-0.05, 0) is 49.5 Å². The Morgan fingerprint density at radius 1 is 1.36 bits per heavy atom. The van der Waals surface area contributed by atoms with Crippen LogP contribution in [0.2, 0.25) is 0 Å². The van der Waals surface area contributed by atoms with E-state index in [1.165, 1.54) is 6.07 Å². The molecule has 0 spiro atoms. The minimum absolute atomic E-state index is 0.0143. The maximum Gasteiger partial charge on any atom is 0.128 e. The molecule has 0 aromatic heterocycles. The minimum atomic E-state index is -0.465. The van der Waals surface area contributed by atoms with Crippen LogP contribution in [-0.2, 0) is 16.1 Å². The molecule has 0 radical (unpaired) electrons. The smallest absolute Gasteiger partial charge is 0.128 e. The average Bonchev–Trinajstić information content (AvgIpc) is 2.91. The molecule has 0 aliphatic carbocycles. The van der Waals surface area contributed by atoms with E-state index in [1.54, 1.807) is 0 Å². The van der Waals surface area contributed by atoms with E-state index in [2.05, 4.69) is 20.4 Å². The van der Waals surface area contributed by atoms with Gasteiger partial charge in [0.2, 0.25) is 0 Å². The summed E-state index contributed by atoms with van der Waals surface area (Å²) in [7, 11) is 0. The molecule has 3 atom stereocenters. The topological polar surface area (TPSA) is 18.5 Å². The Balaban J connectivity index is 1.79. The zero-order chi connectivity index (χ0) is 16.1. The highest BCUT2D eigenvalue weighted by Crippen LogP contribution is 2.57. The Labute approximate surface area is 130 Å². The molecule has 1 aromatic carbocycles. The van der Waals surface area contributed by atoms with E-state index in [4.69, 9.17) is 9.47 Å². The summed E-state index contributed by atoms with van der Waals surface area (Å²) in [5.74, 6) is -0.617. The first kappa shape index (κ1) is 15.6. The summed E-state index contributed by atoms with van der Waals surface area (Å²) in [6, 6.07) is 3.40. The molecule has 2 saturated heterocycles. The van der Waals surface area contributed by atoms with Crippen molar-refractivity contribution in [3.8, 4) is 0 Å². The molecular weight excluding hydrogens is 286 g/mol. The van der Waals surface area contributed by atoms with Crippen LogP contribution >= 0.6 is 0 Å². The van der Waals surface area contributed by atoms with Gasteiger partial charge in [0.15, 0.2) is 0 Å². The van der Waals surface area contributed by atoms with Gasteiger partial charge in [-0.25, -0.2) is 8.78 Å². The van der Waals surface area contributed by atoms with Crippen molar-refractivity contribution in [3.05, 3.63) is 47.5 Å². The summed E-state index contributed by atoms with van der Waals surface area (Å²) in [5.41, 5.74) is 0.372. The van der Waals surface area contributed by atoms with E-state index >= 15 is 0 Å². The van der Waals surface area contributed by atoms with Crippen molar-refractivity contribution in [1.29, 1.82) is 0 Å². The second-order valence-corrected chi connectivity index (χ2v) is 6.91. The summed E-state index contributed by atoms with van der Waals surface area (Å²) in [6.45, 7) is 10.5. The Morgan fingerprint density at radius 3 is 2.73 bits per heavy atom. The van der Waals surface area contributed by atoms with E-state index in [0.717, 1.165) is 30.5 Å². The van der Waals surface area contributed by atoms with Crippen LogP contribution in [0.4, 0.5) is 8.78 Å². The van der Waals surface area contributed by atoms with E-state index < -0.39 is 17.2 Å². The monoisotopic (exact) mass is 308 g/mol. The number of benzene rings is 1. The van der Waals surface area contributed by atoms with E-state index in [-0.39, 0.29) is 23.9 Å². The Kier molecular flexibility index (Phi) is 3.65. The van der Waals surface area contributed by atoms with Crippen LogP contribution in [0.5, 0.6) is 0 Å². The molecule has 4 heteroatoms. The number of hydrogen-bond acceptors (Lipinski definition) is 2. The average molecular weight is 308 g/mol. The number of fused-ring (bicyclic) bond motifs is 2. The van der Waals surface area contributed by atoms with Gasteiger partial charge in [-0.1, -0.05) is 20.4 Å². The Bertz CT molecular complexity index is 613. The predicted octanol–water partition coefficient (Wildman–Crippen LogP) is 4.38. The minimum Gasteiger partial charge on any atom is -0.366 e. The highest BCUT2D eigenvalue weighted by atomic mass is 19.1. The molecule has 2 fully saturated rings. The zero-order valence-electron chi connectivity index (χ0n) is 13.3. The van der Waals surface area contributed by atoms with E-state index in [0.29, 0.717) is 5.92 Å². The highest BCUT2D eigenvalue weighted by molar-refractivity contribution is 5.33. The standard InChI is InChI=1S/C18H22F2O2/c1-11(2)18-8-7-17(4,22-18)16(12(18)3)21-10-13-9-14(19)5-6-15(13)20/h5-6,9,11,16H,3,7-8,10H2,1-2,4H3/t16-,17+,18+/m1/s1. The second kappa shape index (κ2) is 5.14. The fraction of sp³-hybridized carbons (Fsp3) is 0.556. The van der Waals surface area contributed by atoms with Crippen LogP contribution in [0.25, 0.3) is 0 Å². The fourth-order valence-corrected chi connectivity index (χ4v) is 3.83. The molecule has 0 saturated carbocycles. The van der Waals surface area contributed by atoms with Crippen molar-refractivity contribution in [2.45, 2.75) is 57.5 Å². The molecule has 22 heavy (non-hydrogen) atoms. The van der Waals surface area contributed by atoms with Crippen LogP contribution < -0.4 is 0 Å². The quantitative estimate of drug-likeness (QED) is 0.768. The molecule has 3 rings (SSSR count). The summed E-state index contributed by atoms with van der Waals surface area (Å²) in [4.78, 5) is 0. The number of hydrogen-bond donors (Lipinski definition) is 0. The summed E-state index contributed by atoms with van der Waals surface area (Å²) in [6.07, 6.45) is 1.54. The van der Waals surface area contributed by atoms with Gasteiger partial charge in [-0.15, -0.1) is 0 Å². The molecule has 1 aromatic rings. The van der Waals surface area contributed by atoms with E-state index in [9.17, 15) is 8.78 Å². The molecule has 2 aliphatic rings.